The zero-order valence-electron chi connectivity index (χ0n) is 8.82. The Bertz CT molecular complexity index is 199. The summed E-state index contributed by atoms with van der Waals surface area (Å²) in [4.78, 5) is 10.3. The molecule has 1 atom stereocenters. The number of hydrogen-bond donors (Lipinski definition) is 0. The minimum atomic E-state index is -0.411. The van der Waals surface area contributed by atoms with Gasteiger partial charge in [-0.15, -0.1) is 6.58 Å². The lowest BCUT2D eigenvalue weighted by atomic mass is 10.1. The van der Waals surface area contributed by atoms with Gasteiger partial charge >= 0.3 is 0 Å². The Morgan fingerprint density at radius 2 is 2.14 bits per heavy atom. The fourth-order valence-electron chi connectivity index (χ4n) is 1.15. The van der Waals surface area contributed by atoms with Crippen molar-refractivity contribution < 1.29 is 4.92 Å². The molecule has 0 saturated heterocycles. The zero-order chi connectivity index (χ0) is 10.8. The second kappa shape index (κ2) is 8.48. The third-order valence-electron chi connectivity index (χ3n) is 2.12. The average molecular weight is 197 g/mol. The largest absolute Gasteiger partial charge is 0.264 e. The summed E-state index contributed by atoms with van der Waals surface area (Å²) in [7, 11) is 0. The van der Waals surface area contributed by atoms with Crippen LogP contribution < -0.4 is 0 Å². The van der Waals surface area contributed by atoms with Crippen LogP contribution in [0.3, 0.4) is 0 Å². The van der Waals surface area contributed by atoms with Gasteiger partial charge in [0.15, 0.2) is 0 Å². The maximum absolute atomic E-state index is 10.5. The lowest BCUT2D eigenvalue weighted by Gasteiger charge is -2.02. The quantitative estimate of drug-likeness (QED) is 0.259. The van der Waals surface area contributed by atoms with Crippen LogP contribution in [0.2, 0.25) is 0 Å². The van der Waals surface area contributed by atoms with Gasteiger partial charge in [0.25, 0.3) is 0 Å². The summed E-state index contributed by atoms with van der Waals surface area (Å²) >= 11 is 0. The Morgan fingerprint density at radius 3 is 2.64 bits per heavy atom. The third kappa shape index (κ3) is 6.40. The average Bonchev–Trinajstić information content (AvgIpc) is 2.16. The van der Waals surface area contributed by atoms with Gasteiger partial charge in [-0.2, -0.15) is 0 Å². The van der Waals surface area contributed by atoms with Crippen LogP contribution in [0.25, 0.3) is 0 Å². The van der Waals surface area contributed by atoms with Gasteiger partial charge in [-0.3, -0.25) is 10.1 Å². The molecule has 0 aliphatic carbocycles. The van der Waals surface area contributed by atoms with Crippen molar-refractivity contribution in [3.05, 3.63) is 34.9 Å². The second-order valence-electron chi connectivity index (χ2n) is 3.27. The number of allylic oxidation sites excluding steroid dienone is 2. The Balaban J connectivity index is 3.57. The lowest BCUT2D eigenvalue weighted by molar-refractivity contribution is -0.521. The Hall–Kier alpha value is -1.12. The van der Waals surface area contributed by atoms with E-state index in [2.05, 4.69) is 6.58 Å². The number of nitro groups is 1. The SMILES string of the molecule is C=CCCC/C=C/CC(CC)[N+](=O)[O-]. The maximum atomic E-state index is 10.5. The molecule has 0 spiro atoms. The van der Waals surface area contributed by atoms with Gasteiger partial charge in [-0.1, -0.05) is 25.2 Å². The van der Waals surface area contributed by atoms with Crippen molar-refractivity contribution in [3.63, 3.8) is 0 Å². The van der Waals surface area contributed by atoms with E-state index in [1.54, 1.807) is 0 Å². The smallest absolute Gasteiger partial charge is 0.216 e. The molecule has 3 heteroatoms. The molecule has 0 amide bonds. The normalized spacial score (nSPS) is 12.9. The van der Waals surface area contributed by atoms with Gasteiger partial charge in [0.2, 0.25) is 6.04 Å². The van der Waals surface area contributed by atoms with Gasteiger partial charge < -0.3 is 0 Å². The Kier molecular flexibility index (Phi) is 7.80. The molecule has 0 aliphatic heterocycles. The summed E-state index contributed by atoms with van der Waals surface area (Å²) in [5, 5.41) is 10.5. The van der Waals surface area contributed by atoms with Gasteiger partial charge in [0, 0.05) is 17.8 Å². The first kappa shape index (κ1) is 12.9. The van der Waals surface area contributed by atoms with E-state index in [1.165, 1.54) is 0 Å². The van der Waals surface area contributed by atoms with Crippen molar-refractivity contribution in [2.45, 2.75) is 45.1 Å². The highest BCUT2D eigenvalue weighted by molar-refractivity contribution is 4.84. The van der Waals surface area contributed by atoms with Gasteiger partial charge in [-0.05, 0) is 19.3 Å². The van der Waals surface area contributed by atoms with Crippen LogP contribution in [0, 0.1) is 10.1 Å². The van der Waals surface area contributed by atoms with Crippen LogP contribution in [-0.2, 0) is 0 Å². The molecule has 0 rings (SSSR count). The van der Waals surface area contributed by atoms with Crippen molar-refractivity contribution in [1.29, 1.82) is 0 Å². The highest BCUT2D eigenvalue weighted by Gasteiger charge is 2.13. The van der Waals surface area contributed by atoms with E-state index in [-0.39, 0.29) is 4.92 Å². The first-order valence-electron chi connectivity index (χ1n) is 5.11. The van der Waals surface area contributed by atoms with E-state index in [0.717, 1.165) is 19.3 Å². The minimum Gasteiger partial charge on any atom is -0.264 e. The summed E-state index contributed by atoms with van der Waals surface area (Å²) in [5.74, 6) is 0. The highest BCUT2D eigenvalue weighted by atomic mass is 16.6. The number of hydrogen-bond acceptors (Lipinski definition) is 2. The van der Waals surface area contributed by atoms with Gasteiger partial charge in [-0.25, -0.2) is 0 Å². The van der Waals surface area contributed by atoms with Crippen molar-refractivity contribution >= 4 is 0 Å². The van der Waals surface area contributed by atoms with Crippen LogP contribution in [-0.4, -0.2) is 11.0 Å². The molecule has 0 saturated carbocycles. The monoisotopic (exact) mass is 197 g/mol. The van der Waals surface area contributed by atoms with Gasteiger partial charge in [0.1, 0.15) is 0 Å². The maximum Gasteiger partial charge on any atom is 0.216 e. The molecule has 14 heavy (non-hydrogen) atoms. The summed E-state index contributed by atoms with van der Waals surface area (Å²) in [5.41, 5.74) is 0. The second-order valence-corrected chi connectivity index (χ2v) is 3.27. The van der Waals surface area contributed by atoms with Crippen LogP contribution in [0.5, 0.6) is 0 Å². The van der Waals surface area contributed by atoms with Crippen LogP contribution in [0.1, 0.15) is 39.0 Å². The van der Waals surface area contributed by atoms with E-state index < -0.39 is 6.04 Å². The van der Waals surface area contributed by atoms with E-state index in [1.807, 2.05) is 25.2 Å². The standard InChI is InChI=1S/C11H19NO2/c1-3-5-6-7-8-9-10-11(4-2)12(13)14/h3,8-9,11H,1,4-7,10H2,2H3/b9-8+. The van der Waals surface area contributed by atoms with Crippen molar-refractivity contribution in [2.24, 2.45) is 0 Å². The summed E-state index contributed by atoms with van der Waals surface area (Å²) < 4.78 is 0. The van der Waals surface area contributed by atoms with E-state index >= 15 is 0 Å². The predicted octanol–water partition coefficient (Wildman–Crippen LogP) is 3.34. The minimum absolute atomic E-state index is 0.200. The first-order chi connectivity index (χ1) is 6.72. The molecule has 0 aromatic carbocycles. The molecule has 80 valence electrons. The molecule has 0 heterocycles. The van der Waals surface area contributed by atoms with Crippen molar-refractivity contribution in [3.8, 4) is 0 Å². The Morgan fingerprint density at radius 1 is 1.43 bits per heavy atom. The molecule has 0 aromatic heterocycles. The molecule has 0 N–H and O–H groups in total. The molecule has 1 unspecified atom stereocenters. The summed E-state index contributed by atoms with van der Waals surface area (Å²) in [6.07, 6.45) is 10.1. The Labute approximate surface area is 85.7 Å². The molecule has 0 bridgehead atoms. The number of unbranched alkanes of at least 4 members (excludes halogenated alkanes) is 2. The van der Waals surface area contributed by atoms with Crippen molar-refractivity contribution in [2.75, 3.05) is 0 Å². The first-order valence-corrected chi connectivity index (χ1v) is 5.11. The molecule has 0 radical (unpaired) electrons. The van der Waals surface area contributed by atoms with E-state index in [9.17, 15) is 10.1 Å². The van der Waals surface area contributed by atoms with Crippen LogP contribution in [0.15, 0.2) is 24.8 Å². The predicted molar refractivity (Wildman–Crippen MR) is 58.9 cm³/mol. The van der Waals surface area contributed by atoms with Crippen LogP contribution >= 0.6 is 0 Å². The molecule has 3 nitrogen and oxygen atoms in total. The van der Waals surface area contributed by atoms with Crippen molar-refractivity contribution in [1.82, 2.24) is 0 Å². The van der Waals surface area contributed by atoms with E-state index in [4.69, 9.17) is 0 Å². The summed E-state index contributed by atoms with van der Waals surface area (Å²) in [6, 6.07) is -0.411. The van der Waals surface area contributed by atoms with Crippen LogP contribution in [0.4, 0.5) is 0 Å². The third-order valence-corrected chi connectivity index (χ3v) is 2.12. The molecular formula is C11H19NO2. The topological polar surface area (TPSA) is 43.1 Å². The zero-order valence-corrected chi connectivity index (χ0v) is 8.82. The number of rotatable bonds is 8. The van der Waals surface area contributed by atoms with Gasteiger partial charge in [0.05, 0.1) is 0 Å². The fourth-order valence-corrected chi connectivity index (χ4v) is 1.15. The molecule has 0 aliphatic rings. The highest BCUT2D eigenvalue weighted by Crippen LogP contribution is 2.04. The molecular weight excluding hydrogens is 178 g/mol. The summed E-state index contributed by atoms with van der Waals surface area (Å²) in [6.45, 7) is 5.48. The molecule has 0 fully saturated rings. The van der Waals surface area contributed by atoms with E-state index in [0.29, 0.717) is 12.8 Å². The molecule has 0 aromatic rings. The lowest BCUT2D eigenvalue weighted by Crippen LogP contribution is -2.16. The number of nitrogens with zero attached hydrogens (tertiary/aromatic N) is 1. The fraction of sp³-hybridized carbons (Fsp3) is 0.636.